The minimum absolute atomic E-state index is 0.549. The SMILES string of the molecule is C=C(C)COc1cc(OCCC)ccc1CNC1CC1. The molecule has 0 atom stereocenters. The first kappa shape index (κ1) is 14.9. The Labute approximate surface area is 122 Å². The Morgan fingerprint density at radius 2 is 2.15 bits per heavy atom. The van der Waals surface area contributed by atoms with Gasteiger partial charge in [-0.1, -0.05) is 19.6 Å². The van der Waals surface area contributed by atoms with Crippen LogP contribution in [0.4, 0.5) is 0 Å². The molecular formula is C17H25NO2. The first-order chi connectivity index (χ1) is 9.69. The summed E-state index contributed by atoms with van der Waals surface area (Å²) in [5.74, 6) is 1.77. The van der Waals surface area contributed by atoms with E-state index < -0.39 is 0 Å². The van der Waals surface area contributed by atoms with Gasteiger partial charge < -0.3 is 14.8 Å². The summed E-state index contributed by atoms with van der Waals surface area (Å²) in [7, 11) is 0. The molecule has 1 fully saturated rings. The molecule has 0 heterocycles. The Hall–Kier alpha value is -1.48. The summed E-state index contributed by atoms with van der Waals surface area (Å²) in [6.45, 7) is 10.1. The van der Waals surface area contributed by atoms with Crippen molar-refractivity contribution in [2.75, 3.05) is 13.2 Å². The lowest BCUT2D eigenvalue weighted by Gasteiger charge is -2.14. The normalized spacial score (nSPS) is 14.1. The average Bonchev–Trinajstić information content (AvgIpc) is 3.25. The van der Waals surface area contributed by atoms with Gasteiger partial charge in [-0.2, -0.15) is 0 Å². The molecule has 2 rings (SSSR count). The molecule has 110 valence electrons. The van der Waals surface area contributed by atoms with Crippen LogP contribution in [0.5, 0.6) is 11.5 Å². The third kappa shape index (κ3) is 4.89. The van der Waals surface area contributed by atoms with Crippen LogP contribution in [0.1, 0.15) is 38.7 Å². The highest BCUT2D eigenvalue weighted by atomic mass is 16.5. The Balaban J connectivity index is 2.03. The lowest BCUT2D eigenvalue weighted by molar-refractivity contribution is 0.309. The maximum Gasteiger partial charge on any atom is 0.127 e. The predicted octanol–water partition coefficient (Wildman–Crippen LogP) is 3.68. The fraction of sp³-hybridized carbons (Fsp3) is 0.529. The van der Waals surface area contributed by atoms with Crippen LogP contribution in [-0.4, -0.2) is 19.3 Å². The van der Waals surface area contributed by atoms with Crippen molar-refractivity contribution in [1.29, 1.82) is 0 Å². The molecule has 1 aliphatic rings. The number of rotatable bonds is 9. The lowest BCUT2D eigenvalue weighted by atomic mass is 10.2. The summed E-state index contributed by atoms with van der Waals surface area (Å²) in [5.41, 5.74) is 2.20. The number of hydrogen-bond donors (Lipinski definition) is 1. The fourth-order valence-corrected chi connectivity index (χ4v) is 1.87. The maximum atomic E-state index is 5.85. The molecule has 0 unspecified atom stereocenters. The zero-order valence-electron chi connectivity index (χ0n) is 12.6. The summed E-state index contributed by atoms with van der Waals surface area (Å²) in [6.07, 6.45) is 3.59. The van der Waals surface area contributed by atoms with Crippen LogP contribution < -0.4 is 14.8 Å². The van der Waals surface area contributed by atoms with Crippen LogP contribution in [-0.2, 0) is 6.54 Å². The van der Waals surface area contributed by atoms with Gasteiger partial charge in [-0.25, -0.2) is 0 Å². The number of hydrogen-bond acceptors (Lipinski definition) is 3. The molecule has 1 aliphatic carbocycles. The van der Waals surface area contributed by atoms with Gasteiger partial charge >= 0.3 is 0 Å². The highest BCUT2D eigenvalue weighted by molar-refractivity contribution is 5.41. The third-order valence-electron chi connectivity index (χ3n) is 3.14. The number of benzene rings is 1. The molecule has 0 amide bonds. The summed E-state index contributed by atoms with van der Waals surface area (Å²) in [4.78, 5) is 0. The van der Waals surface area contributed by atoms with Crippen LogP contribution in [0.25, 0.3) is 0 Å². The molecule has 1 aromatic carbocycles. The molecule has 0 bridgehead atoms. The number of ether oxygens (including phenoxy) is 2. The molecule has 0 spiro atoms. The van der Waals surface area contributed by atoms with E-state index in [0.717, 1.165) is 36.6 Å². The zero-order chi connectivity index (χ0) is 14.4. The second kappa shape index (κ2) is 7.34. The summed E-state index contributed by atoms with van der Waals surface area (Å²) >= 11 is 0. The fourth-order valence-electron chi connectivity index (χ4n) is 1.87. The summed E-state index contributed by atoms with van der Waals surface area (Å²) in [6, 6.07) is 6.80. The van der Waals surface area contributed by atoms with Crippen molar-refractivity contribution in [2.45, 2.75) is 45.7 Å². The third-order valence-corrected chi connectivity index (χ3v) is 3.14. The zero-order valence-corrected chi connectivity index (χ0v) is 12.6. The van der Waals surface area contributed by atoms with Crippen molar-refractivity contribution in [1.82, 2.24) is 5.32 Å². The van der Waals surface area contributed by atoms with E-state index in [2.05, 4.69) is 24.9 Å². The van der Waals surface area contributed by atoms with Crippen molar-refractivity contribution in [3.63, 3.8) is 0 Å². The molecule has 3 heteroatoms. The first-order valence-corrected chi connectivity index (χ1v) is 7.45. The van der Waals surface area contributed by atoms with Gasteiger partial charge in [0.1, 0.15) is 18.1 Å². The van der Waals surface area contributed by atoms with Crippen molar-refractivity contribution in [2.24, 2.45) is 0 Å². The minimum atomic E-state index is 0.549. The van der Waals surface area contributed by atoms with E-state index in [0.29, 0.717) is 12.6 Å². The van der Waals surface area contributed by atoms with Crippen molar-refractivity contribution in [3.8, 4) is 11.5 Å². The standard InChI is InChI=1S/C17H25NO2/c1-4-9-19-16-8-5-14(11-18-15-6-7-15)17(10-16)20-12-13(2)3/h5,8,10,15,18H,2,4,6-7,9,11-12H2,1,3H3. The Morgan fingerprint density at radius 1 is 1.35 bits per heavy atom. The van der Waals surface area contributed by atoms with E-state index in [-0.39, 0.29) is 0 Å². The smallest absolute Gasteiger partial charge is 0.127 e. The van der Waals surface area contributed by atoms with Crippen LogP contribution in [0.2, 0.25) is 0 Å². The maximum absolute atomic E-state index is 5.85. The summed E-state index contributed by atoms with van der Waals surface area (Å²) < 4.78 is 11.5. The number of nitrogens with one attached hydrogen (secondary N) is 1. The Kier molecular flexibility index (Phi) is 5.48. The molecule has 20 heavy (non-hydrogen) atoms. The van der Waals surface area contributed by atoms with Gasteiger partial charge in [0, 0.05) is 24.2 Å². The molecule has 0 radical (unpaired) electrons. The largest absolute Gasteiger partial charge is 0.493 e. The molecule has 1 saturated carbocycles. The van der Waals surface area contributed by atoms with Gasteiger partial charge in [0.15, 0.2) is 0 Å². The molecule has 1 N–H and O–H groups in total. The van der Waals surface area contributed by atoms with Gasteiger partial charge in [0.2, 0.25) is 0 Å². The topological polar surface area (TPSA) is 30.5 Å². The van der Waals surface area contributed by atoms with E-state index in [9.17, 15) is 0 Å². The van der Waals surface area contributed by atoms with Gasteiger partial charge in [-0.15, -0.1) is 0 Å². The Morgan fingerprint density at radius 3 is 2.80 bits per heavy atom. The highest BCUT2D eigenvalue weighted by Gasteiger charge is 2.20. The van der Waals surface area contributed by atoms with E-state index in [1.807, 2.05) is 19.1 Å². The minimum Gasteiger partial charge on any atom is -0.493 e. The van der Waals surface area contributed by atoms with Crippen LogP contribution >= 0.6 is 0 Å². The van der Waals surface area contributed by atoms with E-state index in [1.165, 1.54) is 18.4 Å². The molecule has 3 nitrogen and oxygen atoms in total. The van der Waals surface area contributed by atoms with Gasteiger partial charge in [0.05, 0.1) is 6.61 Å². The van der Waals surface area contributed by atoms with Gasteiger partial charge in [0.25, 0.3) is 0 Å². The van der Waals surface area contributed by atoms with Gasteiger partial charge in [-0.3, -0.25) is 0 Å². The second-order valence-corrected chi connectivity index (χ2v) is 5.52. The molecule has 0 aliphatic heterocycles. The second-order valence-electron chi connectivity index (χ2n) is 5.52. The Bertz CT molecular complexity index is 452. The first-order valence-electron chi connectivity index (χ1n) is 7.45. The van der Waals surface area contributed by atoms with Crippen molar-refractivity contribution >= 4 is 0 Å². The lowest BCUT2D eigenvalue weighted by Crippen LogP contribution is -2.16. The summed E-state index contributed by atoms with van der Waals surface area (Å²) in [5, 5.41) is 3.52. The molecule has 0 saturated heterocycles. The highest BCUT2D eigenvalue weighted by Crippen LogP contribution is 2.27. The monoisotopic (exact) mass is 275 g/mol. The molecular weight excluding hydrogens is 250 g/mol. The van der Waals surface area contributed by atoms with Crippen LogP contribution in [0.3, 0.4) is 0 Å². The van der Waals surface area contributed by atoms with Crippen molar-refractivity contribution in [3.05, 3.63) is 35.9 Å². The predicted molar refractivity (Wildman–Crippen MR) is 82.4 cm³/mol. The van der Waals surface area contributed by atoms with E-state index >= 15 is 0 Å². The van der Waals surface area contributed by atoms with E-state index in [1.54, 1.807) is 0 Å². The quantitative estimate of drug-likeness (QED) is 0.697. The van der Waals surface area contributed by atoms with Crippen molar-refractivity contribution < 1.29 is 9.47 Å². The van der Waals surface area contributed by atoms with Crippen LogP contribution in [0.15, 0.2) is 30.4 Å². The van der Waals surface area contributed by atoms with E-state index in [4.69, 9.17) is 9.47 Å². The molecule has 1 aromatic rings. The van der Waals surface area contributed by atoms with Crippen LogP contribution in [0, 0.1) is 0 Å². The van der Waals surface area contributed by atoms with Gasteiger partial charge in [-0.05, 0) is 37.8 Å². The molecule has 0 aromatic heterocycles. The average molecular weight is 275 g/mol.